The van der Waals surface area contributed by atoms with E-state index in [1.54, 1.807) is 19.1 Å². The van der Waals surface area contributed by atoms with Gasteiger partial charge in [0.25, 0.3) is 17.7 Å². The molecule has 4 amide bonds. The fourth-order valence-corrected chi connectivity index (χ4v) is 2.41. The van der Waals surface area contributed by atoms with Crippen LogP contribution in [0.1, 0.15) is 34.6 Å². The number of esters is 1. The van der Waals surface area contributed by atoms with Gasteiger partial charge in [-0.1, -0.05) is 12.1 Å². The molecule has 9 nitrogen and oxygen atoms in total. The van der Waals surface area contributed by atoms with Crippen LogP contribution in [-0.4, -0.2) is 60.2 Å². The summed E-state index contributed by atoms with van der Waals surface area (Å²) in [6, 6.07) is 5.06. The Morgan fingerprint density at radius 3 is 2.15 bits per heavy atom. The van der Waals surface area contributed by atoms with Gasteiger partial charge in [-0.2, -0.15) is 0 Å². The number of ether oxygens (including phenoxy) is 1. The fraction of sp³-hybridized carbons (Fsp3) is 0.353. The first-order chi connectivity index (χ1) is 12.4. The van der Waals surface area contributed by atoms with Gasteiger partial charge in [0.2, 0.25) is 5.91 Å². The summed E-state index contributed by atoms with van der Waals surface area (Å²) in [6.07, 6.45) is 0. The van der Waals surface area contributed by atoms with Gasteiger partial charge < -0.3 is 15.4 Å². The molecule has 0 spiro atoms. The molecule has 0 saturated carbocycles. The lowest BCUT2D eigenvalue weighted by Gasteiger charge is -2.20. The number of carbonyl (C=O) groups is 5. The number of rotatable bonds is 7. The zero-order valence-electron chi connectivity index (χ0n) is 14.4. The van der Waals surface area contributed by atoms with Crippen LogP contribution in [-0.2, 0) is 19.1 Å². The predicted octanol–water partition coefficient (Wildman–Crippen LogP) is -0.533. The smallest absolute Gasteiger partial charge is 0.329 e. The van der Waals surface area contributed by atoms with Crippen molar-refractivity contribution in [1.82, 2.24) is 15.5 Å². The van der Waals surface area contributed by atoms with E-state index < -0.39 is 36.3 Å². The van der Waals surface area contributed by atoms with E-state index >= 15 is 0 Å². The van der Waals surface area contributed by atoms with Gasteiger partial charge in [-0.15, -0.1) is 0 Å². The van der Waals surface area contributed by atoms with Crippen LogP contribution in [0.25, 0.3) is 0 Å². The monoisotopic (exact) mass is 361 g/mol. The number of likely N-dealkylation sites (N-methyl/N-ethyl adjacent to an activating group) is 1. The molecule has 2 N–H and O–H groups in total. The summed E-state index contributed by atoms with van der Waals surface area (Å²) in [5.41, 5.74) is 0.439. The van der Waals surface area contributed by atoms with E-state index in [1.165, 1.54) is 19.1 Å². The Morgan fingerprint density at radius 2 is 1.62 bits per heavy atom. The first-order valence-electron chi connectivity index (χ1n) is 8.03. The van der Waals surface area contributed by atoms with Crippen LogP contribution in [0.3, 0.4) is 0 Å². The van der Waals surface area contributed by atoms with Crippen LogP contribution < -0.4 is 10.6 Å². The van der Waals surface area contributed by atoms with Crippen LogP contribution in [0, 0.1) is 0 Å². The van der Waals surface area contributed by atoms with Crippen molar-refractivity contribution < 1.29 is 28.7 Å². The molecule has 26 heavy (non-hydrogen) atoms. The highest BCUT2D eigenvalue weighted by molar-refractivity contribution is 6.22. The standard InChI is InChI=1S/C17H19N3O6/c1-3-18-13(21)8-19-14(22)9-26-17(25)10(2)20-15(23)11-6-4-5-7-12(11)16(20)24/h4-7,10H,3,8-9H2,1-2H3,(H,18,21)(H,19,22)/t10-/m1/s1. The Hall–Kier alpha value is -3.23. The van der Waals surface area contributed by atoms with Gasteiger partial charge in [-0.25, -0.2) is 4.79 Å². The van der Waals surface area contributed by atoms with Gasteiger partial charge in [0.15, 0.2) is 6.61 Å². The first kappa shape index (κ1) is 19.1. The number of benzene rings is 1. The Labute approximate surface area is 149 Å². The summed E-state index contributed by atoms with van der Waals surface area (Å²) in [4.78, 5) is 60.3. The van der Waals surface area contributed by atoms with Crippen LogP contribution in [0.15, 0.2) is 24.3 Å². The molecule has 2 rings (SSSR count). The third kappa shape index (κ3) is 4.05. The molecule has 0 aliphatic carbocycles. The summed E-state index contributed by atoms with van der Waals surface area (Å²) in [5, 5.41) is 4.78. The third-order valence-electron chi connectivity index (χ3n) is 3.72. The number of hydrogen-bond acceptors (Lipinski definition) is 6. The molecule has 0 unspecified atom stereocenters. The maximum Gasteiger partial charge on any atom is 0.329 e. The van der Waals surface area contributed by atoms with E-state index in [4.69, 9.17) is 4.74 Å². The van der Waals surface area contributed by atoms with Gasteiger partial charge in [0.05, 0.1) is 17.7 Å². The Balaban J connectivity index is 1.89. The molecule has 0 fully saturated rings. The van der Waals surface area contributed by atoms with E-state index in [1.807, 2.05) is 0 Å². The van der Waals surface area contributed by atoms with Crippen LogP contribution >= 0.6 is 0 Å². The van der Waals surface area contributed by atoms with E-state index in [0.717, 1.165) is 4.90 Å². The Morgan fingerprint density at radius 1 is 1.04 bits per heavy atom. The second-order valence-electron chi connectivity index (χ2n) is 5.54. The van der Waals surface area contributed by atoms with E-state index in [9.17, 15) is 24.0 Å². The van der Waals surface area contributed by atoms with E-state index in [2.05, 4.69) is 10.6 Å². The van der Waals surface area contributed by atoms with Gasteiger partial charge in [-0.3, -0.25) is 24.1 Å². The highest BCUT2D eigenvalue weighted by atomic mass is 16.5. The van der Waals surface area contributed by atoms with Crippen molar-refractivity contribution in [3.63, 3.8) is 0 Å². The SMILES string of the molecule is CCNC(=O)CNC(=O)COC(=O)[C@@H](C)N1C(=O)c2ccccc2C1=O. The van der Waals surface area contributed by atoms with Crippen molar-refractivity contribution in [1.29, 1.82) is 0 Å². The highest BCUT2D eigenvalue weighted by Gasteiger charge is 2.41. The largest absolute Gasteiger partial charge is 0.454 e. The quantitative estimate of drug-likeness (QED) is 0.497. The second kappa shape index (κ2) is 8.24. The highest BCUT2D eigenvalue weighted by Crippen LogP contribution is 2.24. The zero-order chi connectivity index (χ0) is 19.3. The maximum atomic E-state index is 12.3. The third-order valence-corrected chi connectivity index (χ3v) is 3.72. The van der Waals surface area contributed by atoms with E-state index in [0.29, 0.717) is 6.54 Å². The molecule has 9 heteroatoms. The molecular formula is C17H19N3O6. The summed E-state index contributed by atoms with van der Waals surface area (Å²) >= 11 is 0. The normalized spacial score (nSPS) is 13.8. The molecule has 1 aromatic rings. The lowest BCUT2D eigenvalue weighted by Crippen LogP contribution is -2.45. The van der Waals surface area contributed by atoms with Crippen molar-refractivity contribution in [2.45, 2.75) is 19.9 Å². The summed E-state index contributed by atoms with van der Waals surface area (Å²) < 4.78 is 4.84. The molecule has 138 valence electrons. The van der Waals surface area contributed by atoms with Gasteiger partial charge in [0, 0.05) is 6.54 Å². The molecule has 1 heterocycles. The van der Waals surface area contributed by atoms with Crippen molar-refractivity contribution >= 4 is 29.6 Å². The van der Waals surface area contributed by atoms with Crippen molar-refractivity contribution in [3.8, 4) is 0 Å². The number of imide groups is 1. The van der Waals surface area contributed by atoms with Gasteiger partial charge >= 0.3 is 5.97 Å². The summed E-state index contributed by atoms with van der Waals surface area (Å²) in [6.45, 7) is 2.66. The first-order valence-corrected chi connectivity index (χ1v) is 8.03. The molecular weight excluding hydrogens is 342 g/mol. The Bertz CT molecular complexity index is 726. The topological polar surface area (TPSA) is 122 Å². The minimum atomic E-state index is -1.18. The number of carbonyl (C=O) groups excluding carboxylic acids is 5. The lowest BCUT2D eigenvalue weighted by molar-refractivity contribution is -0.151. The molecule has 0 bridgehead atoms. The number of hydrogen-bond donors (Lipinski definition) is 2. The van der Waals surface area contributed by atoms with Gasteiger partial charge in [0.1, 0.15) is 6.04 Å². The molecule has 1 aliphatic heterocycles. The minimum absolute atomic E-state index is 0.219. The van der Waals surface area contributed by atoms with Crippen LogP contribution in [0.5, 0.6) is 0 Å². The van der Waals surface area contributed by atoms with Crippen molar-refractivity contribution in [2.75, 3.05) is 19.7 Å². The molecule has 0 radical (unpaired) electrons. The summed E-state index contributed by atoms with van der Waals surface area (Å²) in [5.74, 6) is -3.11. The molecule has 1 aliphatic rings. The fourth-order valence-electron chi connectivity index (χ4n) is 2.41. The Kier molecular flexibility index (Phi) is 6.05. The number of amides is 4. The van der Waals surface area contributed by atoms with E-state index in [-0.39, 0.29) is 23.6 Å². The average Bonchev–Trinajstić information content (AvgIpc) is 2.88. The predicted molar refractivity (Wildman–Crippen MR) is 89.1 cm³/mol. The van der Waals surface area contributed by atoms with Crippen LogP contribution in [0.4, 0.5) is 0 Å². The second-order valence-corrected chi connectivity index (χ2v) is 5.54. The zero-order valence-corrected chi connectivity index (χ0v) is 14.4. The molecule has 1 atom stereocenters. The molecule has 1 aromatic carbocycles. The van der Waals surface area contributed by atoms with Gasteiger partial charge in [-0.05, 0) is 26.0 Å². The molecule has 0 aromatic heterocycles. The summed E-state index contributed by atoms with van der Waals surface area (Å²) in [7, 11) is 0. The average molecular weight is 361 g/mol. The molecule has 0 saturated heterocycles. The van der Waals surface area contributed by atoms with Crippen molar-refractivity contribution in [3.05, 3.63) is 35.4 Å². The van der Waals surface area contributed by atoms with Crippen molar-refractivity contribution in [2.24, 2.45) is 0 Å². The van der Waals surface area contributed by atoms with Crippen LogP contribution in [0.2, 0.25) is 0 Å². The number of fused-ring (bicyclic) bond motifs is 1. The minimum Gasteiger partial charge on any atom is -0.454 e. The lowest BCUT2D eigenvalue weighted by atomic mass is 10.1. The maximum absolute atomic E-state index is 12.3. The number of nitrogens with zero attached hydrogens (tertiary/aromatic N) is 1. The number of nitrogens with one attached hydrogen (secondary N) is 2.